The predicted molar refractivity (Wildman–Crippen MR) is 103 cm³/mol. The first-order chi connectivity index (χ1) is 13.0. The zero-order chi connectivity index (χ0) is 19.2. The topological polar surface area (TPSA) is 55.8 Å². The molecule has 27 heavy (non-hydrogen) atoms. The molecule has 0 saturated carbocycles. The number of piperidine rings is 1. The van der Waals surface area contributed by atoms with Crippen LogP contribution in [0.1, 0.15) is 37.8 Å². The zero-order valence-electron chi connectivity index (χ0n) is 15.8. The molecule has 1 saturated heterocycles. The van der Waals surface area contributed by atoms with Crippen LogP contribution in [-0.4, -0.2) is 30.8 Å². The van der Waals surface area contributed by atoms with E-state index >= 15 is 0 Å². The molecule has 0 unspecified atom stereocenters. The first-order valence-corrected chi connectivity index (χ1v) is 9.27. The largest absolute Gasteiger partial charge is 0.456 e. The minimum Gasteiger partial charge on any atom is -0.456 e. The molecule has 1 aliphatic heterocycles. The van der Waals surface area contributed by atoms with Gasteiger partial charge in [-0.1, -0.05) is 48.5 Å². The molecule has 0 aliphatic carbocycles. The number of carbonyl (C=O) groups excluding carboxylic acids is 2. The number of rotatable bonds is 5. The number of para-hydroxylation sites is 1. The minimum absolute atomic E-state index is 0.364. The number of hydrogen-bond donors (Lipinski definition) is 0. The lowest BCUT2D eigenvalue weighted by Crippen LogP contribution is -2.52. The van der Waals surface area contributed by atoms with Crippen LogP contribution in [0.5, 0.6) is 0 Å². The molecule has 1 heterocycles. The summed E-state index contributed by atoms with van der Waals surface area (Å²) in [7, 11) is 0. The number of nitrogens with zero attached hydrogens (tertiary/aromatic N) is 1. The third-order valence-electron chi connectivity index (χ3n) is 4.66. The number of benzene rings is 2. The van der Waals surface area contributed by atoms with Crippen molar-refractivity contribution in [1.82, 2.24) is 0 Å². The van der Waals surface area contributed by atoms with E-state index in [0.717, 1.165) is 30.6 Å². The van der Waals surface area contributed by atoms with E-state index in [2.05, 4.69) is 23.1 Å². The van der Waals surface area contributed by atoms with Gasteiger partial charge >= 0.3 is 11.9 Å². The lowest BCUT2D eigenvalue weighted by molar-refractivity contribution is -0.167. The second-order valence-corrected chi connectivity index (χ2v) is 6.77. The van der Waals surface area contributed by atoms with Crippen molar-refractivity contribution in [3.63, 3.8) is 0 Å². The lowest BCUT2D eigenvalue weighted by atomic mass is 9.99. The monoisotopic (exact) mass is 367 g/mol. The van der Waals surface area contributed by atoms with Gasteiger partial charge in [0.2, 0.25) is 6.23 Å². The van der Waals surface area contributed by atoms with Gasteiger partial charge in [0, 0.05) is 26.1 Å². The van der Waals surface area contributed by atoms with Gasteiger partial charge in [-0.05, 0) is 36.5 Å². The molecular formula is C22H25NO4. The van der Waals surface area contributed by atoms with E-state index in [1.165, 1.54) is 19.4 Å². The molecule has 2 atom stereocenters. The molecule has 5 heteroatoms. The molecule has 0 spiro atoms. The average molecular weight is 367 g/mol. The fourth-order valence-corrected chi connectivity index (χ4v) is 3.59. The van der Waals surface area contributed by atoms with Gasteiger partial charge in [-0.25, -0.2) is 0 Å². The van der Waals surface area contributed by atoms with Crippen LogP contribution in [0.15, 0.2) is 54.6 Å². The molecule has 1 fully saturated rings. The number of ether oxygens (including phenoxy) is 2. The van der Waals surface area contributed by atoms with Crippen LogP contribution in [-0.2, 0) is 25.5 Å². The minimum atomic E-state index is -0.614. The molecule has 0 radical (unpaired) electrons. The highest BCUT2D eigenvalue weighted by molar-refractivity contribution is 5.68. The second-order valence-electron chi connectivity index (χ2n) is 6.77. The van der Waals surface area contributed by atoms with E-state index in [9.17, 15) is 9.59 Å². The number of esters is 2. The van der Waals surface area contributed by atoms with Gasteiger partial charge < -0.3 is 14.4 Å². The summed E-state index contributed by atoms with van der Waals surface area (Å²) in [4.78, 5) is 25.3. The highest BCUT2D eigenvalue weighted by Gasteiger charge is 2.37. The van der Waals surface area contributed by atoms with E-state index in [1.54, 1.807) is 0 Å². The van der Waals surface area contributed by atoms with E-state index in [0.29, 0.717) is 6.42 Å². The maximum Gasteiger partial charge on any atom is 0.304 e. The van der Waals surface area contributed by atoms with Gasteiger partial charge in [-0.3, -0.25) is 9.59 Å². The molecule has 2 aromatic rings. The smallest absolute Gasteiger partial charge is 0.304 e. The fourth-order valence-electron chi connectivity index (χ4n) is 3.59. The van der Waals surface area contributed by atoms with Gasteiger partial charge in [0.25, 0.3) is 0 Å². The summed E-state index contributed by atoms with van der Waals surface area (Å²) in [6.07, 6.45) is 1.23. The molecule has 142 valence electrons. The van der Waals surface area contributed by atoms with Crippen molar-refractivity contribution in [2.75, 3.05) is 11.4 Å². The highest BCUT2D eigenvalue weighted by atomic mass is 16.6. The second kappa shape index (κ2) is 8.71. The van der Waals surface area contributed by atoms with Crippen LogP contribution in [0.2, 0.25) is 0 Å². The highest BCUT2D eigenvalue weighted by Crippen LogP contribution is 2.31. The molecule has 0 aromatic heterocycles. The first kappa shape index (κ1) is 19.0. The van der Waals surface area contributed by atoms with Crippen molar-refractivity contribution in [3.8, 4) is 0 Å². The predicted octanol–water partition coefficient (Wildman–Crippen LogP) is 3.70. The summed E-state index contributed by atoms with van der Waals surface area (Å²) in [5.41, 5.74) is 3.36. The van der Waals surface area contributed by atoms with Crippen LogP contribution >= 0.6 is 0 Å². The Labute approximate surface area is 159 Å². The molecular weight excluding hydrogens is 342 g/mol. The van der Waals surface area contributed by atoms with E-state index < -0.39 is 12.3 Å². The van der Waals surface area contributed by atoms with Crippen LogP contribution in [0.3, 0.4) is 0 Å². The Bertz CT molecular complexity index is 790. The van der Waals surface area contributed by atoms with Crippen molar-refractivity contribution in [1.29, 1.82) is 0 Å². The number of anilines is 1. The first-order valence-electron chi connectivity index (χ1n) is 9.27. The van der Waals surface area contributed by atoms with Gasteiger partial charge in [0.15, 0.2) is 6.10 Å². The summed E-state index contributed by atoms with van der Waals surface area (Å²) < 4.78 is 11.0. The SMILES string of the molecule is CC(=O)O[C@@H]1[C@H](OC(C)=O)CCCN1c1ccccc1Cc1ccccc1. The summed E-state index contributed by atoms with van der Waals surface area (Å²) in [5, 5.41) is 0. The maximum absolute atomic E-state index is 11.7. The molecule has 1 aliphatic rings. The molecule has 5 nitrogen and oxygen atoms in total. The molecule has 3 rings (SSSR count). The molecule has 0 bridgehead atoms. The third kappa shape index (κ3) is 4.88. The van der Waals surface area contributed by atoms with E-state index in [-0.39, 0.29) is 11.9 Å². The Balaban J connectivity index is 1.92. The third-order valence-corrected chi connectivity index (χ3v) is 4.66. The maximum atomic E-state index is 11.7. The summed E-state index contributed by atoms with van der Waals surface area (Å²) in [5.74, 6) is -0.749. The summed E-state index contributed by atoms with van der Waals surface area (Å²) in [6, 6.07) is 18.3. The van der Waals surface area contributed by atoms with Gasteiger partial charge in [0.05, 0.1) is 0 Å². The van der Waals surface area contributed by atoms with Crippen molar-refractivity contribution in [2.45, 2.75) is 45.4 Å². The Morgan fingerprint density at radius 1 is 0.963 bits per heavy atom. The Morgan fingerprint density at radius 2 is 1.63 bits per heavy atom. The molecule has 0 N–H and O–H groups in total. The summed E-state index contributed by atoms with van der Waals surface area (Å²) >= 11 is 0. The van der Waals surface area contributed by atoms with E-state index in [1.807, 2.05) is 36.4 Å². The van der Waals surface area contributed by atoms with Crippen molar-refractivity contribution >= 4 is 17.6 Å². The van der Waals surface area contributed by atoms with E-state index in [4.69, 9.17) is 9.47 Å². The van der Waals surface area contributed by atoms with Crippen LogP contribution in [0, 0.1) is 0 Å². The zero-order valence-corrected chi connectivity index (χ0v) is 15.8. The van der Waals surface area contributed by atoms with Crippen LogP contribution in [0.25, 0.3) is 0 Å². The van der Waals surface area contributed by atoms with Crippen molar-refractivity contribution in [3.05, 3.63) is 65.7 Å². The van der Waals surface area contributed by atoms with Crippen LogP contribution < -0.4 is 4.90 Å². The Kier molecular flexibility index (Phi) is 6.12. The standard InChI is InChI=1S/C22H25NO4/c1-16(24)26-21-13-8-14-23(22(21)27-17(2)25)20-12-7-6-11-19(20)15-18-9-4-3-5-10-18/h3-7,9-12,21-22H,8,13-15H2,1-2H3/t21-,22-/m1/s1. The van der Waals surface area contributed by atoms with Crippen molar-refractivity contribution < 1.29 is 19.1 Å². The number of hydrogen-bond acceptors (Lipinski definition) is 5. The summed E-state index contributed by atoms with van der Waals surface area (Å²) in [6.45, 7) is 3.50. The Morgan fingerprint density at radius 3 is 2.33 bits per heavy atom. The lowest BCUT2D eigenvalue weighted by Gasteiger charge is -2.41. The molecule has 0 amide bonds. The van der Waals surface area contributed by atoms with Gasteiger partial charge in [-0.15, -0.1) is 0 Å². The quantitative estimate of drug-likeness (QED) is 0.754. The fraction of sp³-hybridized carbons (Fsp3) is 0.364. The van der Waals surface area contributed by atoms with Gasteiger partial charge in [0.1, 0.15) is 0 Å². The van der Waals surface area contributed by atoms with Gasteiger partial charge in [-0.2, -0.15) is 0 Å². The normalized spacial score (nSPS) is 19.4. The average Bonchev–Trinajstić information content (AvgIpc) is 2.64. The molecule has 2 aromatic carbocycles. The Hall–Kier alpha value is -2.82. The number of carbonyl (C=O) groups is 2. The van der Waals surface area contributed by atoms with Crippen molar-refractivity contribution in [2.24, 2.45) is 0 Å². The van der Waals surface area contributed by atoms with Crippen LogP contribution in [0.4, 0.5) is 5.69 Å².